The number of aliphatic carboxylic acids is 1. The Morgan fingerprint density at radius 2 is 1.91 bits per heavy atom. The number of carboxylic acid groups (broad SMARTS) is 1. The summed E-state index contributed by atoms with van der Waals surface area (Å²) in [6.45, 7) is 4.53. The van der Waals surface area contributed by atoms with Crippen LogP contribution in [0.5, 0.6) is 0 Å². The Labute approximate surface area is 194 Å². The molecule has 0 saturated carbocycles. The summed E-state index contributed by atoms with van der Waals surface area (Å²) in [4.78, 5) is 39.6. The molecule has 5 atom stereocenters. The van der Waals surface area contributed by atoms with Gasteiger partial charge in [-0.3, -0.25) is 14.6 Å². The first-order valence-electron chi connectivity index (χ1n) is 11.2. The molecule has 11 nitrogen and oxygen atoms in total. The molecular formula is C22H37N3O8. The molecule has 0 saturated heterocycles. The van der Waals surface area contributed by atoms with Crippen molar-refractivity contribution < 1.29 is 38.8 Å². The zero-order valence-electron chi connectivity index (χ0n) is 19.8. The monoisotopic (exact) mass is 471 g/mol. The number of esters is 1. The van der Waals surface area contributed by atoms with Crippen molar-refractivity contribution in [1.82, 2.24) is 5.32 Å². The Morgan fingerprint density at radius 1 is 1.24 bits per heavy atom. The molecule has 0 radical (unpaired) electrons. The molecule has 0 aromatic heterocycles. The molecule has 1 aliphatic heterocycles. The summed E-state index contributed by atoms with van der Waals surface area (Å²) in [5.74, 6) is -2.48. The van der Waals surface area contributed by atoms with Crippen molar-refractivity contribution in [3.8, 4) is 0 Å². The van der Waals surface area contributed by atoms with Crippen LogP contribution in [0.2, 0.25) is 0 Å². The molecule has 0 spiro atoms. The number of nitrogens with two attached hydrogens (primary N) is 1. The van der Waals surface area contributed by atoms with E-state index in [0.29, 0.717) is 6.42 Å². The quantitative estimate of drug-likeness (QED) is 0.124. The van der Waals surface area contributed by atoms with Crippen LogP contribution in [-0.2, 0) is 28.6 Å². The van der Waals surface area contributed by atoms with E-state index in [4.69, 9.17) is 19.9 Å². The van der Waals surface area contributed by atoms with E-state index in [-0.39, 0.29) is 18.9 Å². The molecule has 0 aliphatic carbocycles. The molecule has 0 fully saturated rings. The maximum absolute atomic E-state index is 12.0. The summed E-state index contributed by atoms with van der Waals surface area (Å²) in [5, 5.41) is 22.8. The zero-order chi connectivity index (χ0) is 25.0. The number of amidine groups is 1. The van der Waals surface area contributed by atoms with Crippen molar-refractivity contribution in [3.05, 3.63) is 11.8 Å². The van der Waals surface area contributed by atoms with Crippen LogP contribution in [0.3, 0.4) is 0 Å². The van der Waals surface area contributed by atoms with Crippen LogP contribution in [0.4, 0.5) is 0 Å². The molecule has 1 amide bonds. The average molecular weight is 472 g/mol. The van der Waals surface area contributed by atoms with Gasteiger partial charge in [0, 0.05) is 20.5 Å². The van der Waals surface area contributed by atoms with Crippen molar-refractivity contribution in [3.63, 3.8) is 0 Å². The van der Waals surface area contributed by atoms with E-state index in [9.17, 15) is 24.6 Å². The van der Waals surface area contributed by atoms with E-state index >= 15 is 0 Å². The van der Waals surface area contributed by atoms with E-state index in [1.807, 2.05) is 0 Å². The lowest BCUT2D eigenvalue weighted by atomic mass is 9.92. The Hall–Kier alpha value is -2.66. The van der Waals surface area contributed by atoms with Crippen LogP contribution in [0, 0.1) is 0 Å². The van der Waals surface area contributed by atoms with Gasteiger partial charge in [-0.1, -0.05) is 32.6 Å². The van der Waals surface area contributed by atoms with Crippen LogP contribution in [-0.4, -0.2) is 78.0 Å². The van der Waals surface area contributed by atoms with E-state index < -0.39 is 54.0 Å². The van der Waals surface area contributed by atoms with Gasteiger partial charge in [-0.2, -0.15) is 0 Å². The number of carboxylic acids is 1. The number of aliphatic hydroxyl groups excluding tert-OH is 1. The minimum absolute atomic E-state index is 0.166. The summed E-state index contributed by atoms with van der Waals surface area (Å²) in [6, 6.07) is -1.77. The third-order valence-corrected chi connectivity index (χ3v) is 5.12. The fourth-order valence-electron chi connectivity index (χ4n) is 3.59. The first kappa shape index (κ1) is 28.4. The second kappa shape index (κ2) is 14.5. The number of ether oxygens (including phenoxy) is 3. The number of aliphatic imine (C=N–C) groups is 1. The average Bonchev–Trinajstić information content (AvgIpc) is 2.73. The number of hydrogen-bond donors (Lipinski definition) is 4. The van der Waals surface area contributed by atoms with Crippen molar-refractivity contribution in [2.45, 2.75) is 89.7 Å². The van der Waals surface area contributed by atoms with Crippen LogP contribution in [0.15, 0.2) is 16.8 Å². The summed E-state index contributed by atoms with van der Waals surface area (Å²) in [7, 11) is 1.29. The topological polar surface area (TPSA) is 170 Å². The van der Waals surface area contributed by atoms with E-state index in [0.717, 1.165) is 25.7 Å². The van der Waals surface area contributed by atoms with Gasteiger partial charge < -0.3 is 35.5 Å². The predicted molar refractivity (Wildman–Crippen MR) is 120 cm³/mol. The number of nitrogens with one attached hydrogen (secondary N) is 1. The highest BCUT2D eigenvalue weighted by Crippen LogP contribution is 2.26. The number of amides is 1. The number of carbonyl (C=O) groups excluding carboxylic acids is 2. The maximum Gasteiger partial charge on any atom is 0.370 e. The van der Waals surface area contributed by atoms with Gasteiger partial charge >= 0.3 is 11.9 Å². The molecule has 1 aliphatic rings. The number of rotatable bonds is 14. The highest BCUT2D eigenvalue weighted by Gasteiger charge is 2.45. The van der Waals surface area contributed by atoms with Crippen LogP contribution in [0.1, 0.15) is 59.3 Å². The highest BCUT2D eigenvalue weighted by atomic mass is 16.6. The van der Waals surface area contributed by atoms with Gasteiger partial charge in [-0.25, -0.2) is 4.79 Å². The highest BCUT2D eigenvalue weighted by molar-refractivity contribution is 5.85. The Balaban J connectivity index is 2.94. The molecule has 5 N–H and O–H groups in total. The van der Waals surface area contributed by atoms with Gasteiger partial charge in [-0.05, 0) is 19.4 Å². The molecule has 0 aromatic rings. The van der Waals surface area contributed by atoms with Crippen LogP contribution in [0.25, 0.3) is 0 Å². The second-order valence-corrected chi connectivity index (χ2v) is 8.02. The molecule has 1 rings (SSSR count). The third kappa shape index (κ3) is 9.79. The van der Waals surface area contributed by atoms with Crippen LogP contribution < -0.4 is 11.1 Å². The number of hydrogen-bond acceptors (Lipinski definition) is 8. The van der Waals surface area contributed by atoms with Gasteiger partial charge in [0.15, 0.2) is 6.10 Å². The summed E-state index contributed by atoms with van der Waals surface area (Å²) < 4.78 is 16.1. The van der Waals surface area contributed by atoms with Gasteiger partial charge in [-0.15, -0.1) is 0 Å². The van der Waals surface area contributed by atoms with Crippen molar-refractivity contribution in [1.29, 1.82) is 0 Å². The standard InChI is InChI=1S/C22H37N3O8/c1-5-6-7-8-9-10-18(28)32-12-16(27)20(31-4)21-19(25-14(3)26)15(24-13(2)23)11-17(33-21)22(29)30/h11,15-16,19-21,27H,5-10,12H2,1-4H3,(H2,23,24)(H,25,26)(H,29,30)/t15-,16+,19+,20+,21+/m0/s1. The molecule has 33 heavy (non-hydrogen) atoms. The Kier molecular flexibility index (Phi) is 12.5. The lowest BCUT2D eigenvalue weighted by Gasteiger charge is -2.40. The molecular weight excluding hydrogens is 434 g/mol. The minimum atomic E-state index is -1.35. The first-order chi connectivity index (χ1) is 15.6. The Morgan fingerprint density at radius 3 is 2.45 bits per heavy atom. The molecule has 0 unspecified atom stereocenters. The smallest absolute Gasteiger partial charge is 0.370 e. The van der Waals surface area contributed by atoms with E-state index in [1.165, 1.54) is 27.0 Å². The molecule has 188 valence electrons. The fraction of sp³-hybridized carbons (Fsp3) is 0.727. The minimum Gasteiger partial charge on any atom is -0.478 e. The summed E-state index contributed by atoms with van der Waals surface area (Å²) in [6.07, 6.45) is 2.72. The largest absolute Gasteiger partial charge is 0.478 e. The molecule has 1 heterocycles. The number of methoxy groups -OCH3 is 1. The zero-order valence-corrected chi connectivity index (χ0v) is 19.8. The van der Waals surface area contributed by atoms with E-state index in [2.05, 4.69) is 17.2 Å². The van der Waals surface area contributed by atoms with Crippen molar-refractivity contribution >= 4 is 23.7 Å². The number of carbonyl (C=O) groups is 3. The van der Waals surface area contributed by atoms with Gasteiger partial charge in [0.2, 0.25) is 11.7 Å². The number of unbranched alkanes of at least 4 members (excludes halogenated alkanes) is 4. The van der Waals surface area contributed by atoms with Crippen LogP contribution >= 0.6 is 0 Å². The summed E-state index contributed by atoms with van der Waals surface area (Å²) in [5.41, 5.74) is 5.68. The number of nitrogens with zero attached hydrogens (tertiary/aromatic N) is 1. The number of aliphatic hydroxyl groups is 1. The second-order valence-electron chi connectivity index (χ2n) is 8.02. The predicted octanol–water partition coefficient (Wildman–Crippen LogP) is 0.884. The maximum atomic E-state index is 12.0. The fourth-order valence-corrected chi connectivity index (χ4v) is 3.59. The third-order valence-electron chi connectivity index (χ3n) is 5.12. The van der Waals surface area contributed by atoms with Gasteiger partial charge in [0.05, 0.1) is 17.9 Å². The Bertz CT molecular complexity index is 720. The van der Waals surface area contributed by atoms with Gasteiger partial charge in [0.1, 0.15) is 18.8 Å². The molecule has 11 heteroatoms. The van der Waals surface area contributed by atoms with Crippen molar-refractivity contribution in [2.75, 3.05) is 13.7 Å². The SMILES string of the molecule is CCCCCCCC(=O)OC[C@@H](O)[C@@H](OC)[C@@H]1OC(C(=O)O)=C[C@H](N=C(C)N)[C@H]1NC(C)=O. The van der Waals surface area contributed by atoms with Gasteiger partial charge in [0.25, 0.3) is 0 Å². The lowest BCUT2D eigenvalue weighted by Crippen LogP contribution is -2.60. The van der Waals surface area contributed by atoms with E-state index in [1.54, 1.807) is 0 Å². The molecule has 0 bridgehead atoms. The first-order valence-corrected chi connectivity index (χ1v) is 11.2. The molecule has 0 aromatic carbocycles. The lowest BCUT2D eigenvalue weighted by molar-refractivity contribution is -0.159. The normalized spacial score (nSPS) is 22.5. The van der Waals surface area contributed by atoms with Crippen molar-refractivity contribution in [2.24, 2.45) is 10.7 Å². The summed E-state index contributed by atoms with van der Waals surface area (Å²) >= 11 is 0.